The fourth-order valence-electron chi connectivity index (χ4n) is 12.3. The summed E-state index contributed by atoms with van der Waals surface area (Å²) in [5.41, 5.74) is 0. The smallest absolute Gasteiger partial charge is 0.462 e. The summed E-state index contributed by atoms with van der Waals surface area (Å²) in [6.45, 7) is 9.66. The maximum Gasteiger partial charge on any atom is 0.472 e. The van der Waals surface area contributed by atoms with Crippen LogP contribution in [-0.2, 0) is 65.4 Å². The molecule has 0 saturated heterocycles. The summed E-state index contributed by atoms with van der Waals surface area (Å²) in [5.74, 6) is -0.505. The van der Waals surface area contributed by atoms with E-state index < -0.39 is 97.5 Å². The molecular formula is C80H156O17P2. The van der Waals surface area contributed by atoms with Gasteiger partial charge in [0.1, 0.15) is 19.3 Å². The van der Waals surface area contributed by atoms with Gasteiger partial charge in [-0.1, -0.05) is 369 Å². The van der Waals surface area contributed by atoms with Crippen molar-refractivity contribution in [3.8, 4) is 0 Å². The fourth-order valence-corrected chi connectivity index (χ4v) is 13.9. The Balaban J connectivity index is 5.23. The Bertz CT molecular complexity index is 1910. The fraction of sp³-hybridized carbons (Fsp3) is 0.950. The quantitative estimate of drug-likeness (QED) is 0.0222. The monoisotopic (exact) mass is 1450 g/mol. The molecule has 0 aromatic heterocycles. The average molecular weight is 1450 g/mol. The number of carbonyl (C=O) groups excluding carboxylic acids is 4. The third-order valence-electron chi connectivity index (χ3n) is 19.1. The van der Waals surface area contributed by atoms with Crippen molar-refractivity contribution in [3.63, 3.8) is 0 Å². The van der Waals surface area contributed by atoms with Gasteiger partial charge in [-0.15, -0.1) is 0 Å². The molecule has 0 aromatic rings. The van der Waals surface area contributed by atoms with E-state index >= 15 is 0 Å². The summed E-state index contributed by atoms with van der Waals surface area (Å²) in [5, 5.41) is 10.6. The lowest BCUT2D eigenvalue weighted by Crippen LogP contribution is -2.30. The summed E-state index contributed by atoms with van der Waals surface area (Å²) in [6.07, 6.45) is 61.0. The van der Waals surface area contributed by atoms with Crippen molar-refractivity contribution in [1.29, 1.82) is 0 Å². The van der Waals surface area contributed by atoms with Gasteiger partial charge < -0.3 is 33.8 Å². The normalized spacial score (nSPS) is 14.2. The van der Waals surface area contributed by atoms with Crippen molar-refractivity contribution in [2.45, 2.75) is 439 Å². The van der Waals surface area contributed by atoms with Gasteiger partial charge in [-0.05, 0) is 37.5 Å². The van der Waals surface area contributed by atoms with E-state index in [0.29, 0.717) is 25.7 Å². The molecular weight excluding hydrogens is 1290 g/mol. The van der Waals surface area contributed by atoms with E-state index in [0.717, 1.165) is 102 Å². The lowest BCUT2D eigenvalue weighted by Gasteiger charge is -2.21. The first-order chi connectivity index (χ1) is 47.9. The molecule has 0 spiro atoms. The molecule has 17 nitrogen and oxygen atoms in total. The first kappa shape index (κ1) is 97.1. The van der Waals surface area contributed by atoms with Crippen molar-refractivity contribution in [3.05, 3.63) is 0 Å². The van der Waals surface area contributed by atoms with Crippen molar-refractivity contribution < 1.29 is 80.2 Å². The third kappa shape index (κ3) is 72.8. The van der Waals surface area contributed by atoms with Gasteiger partial charge in [0.05, 0.1) is 26.4 Å². The van der Waals surface area contributed by atoms with Gasteiger partial charge in [-0.2, -0.15) is 0 Å². The second-order valence-electron chi connectivity index (χ2n) is 29.5. The van der Waals surface area contributed by atoms with Crippen LogP contribution < -0.4 is 0 Å². The first-order valence-corrected chi connectivity index (χ1v) is 44.5. The highest BCUT2D eigenvalue weighted by molar-refractivity contribution is 7.47. The van der Waals surface area contributed by atoms with Gasteiger partial charge in [-0.3, -0.25) is 37.3 Å². The second-order valence-corrected chi connectivity index (χ2v) is 32.4. The van der Waals surface area contributed by atoms with Gasteiger partial charge in [0.15, 0.2) is 12.2 Å². The van der Waals surface area contributed by atoms with E-state index in [1.54, 1.807) is 0 Å². The standard InChI is InChI=1S/C80H156O17P2/c1-7-10-12-14-16-18-19-20-21-22-23-26-29-32-39-45-51-57-63-78(83)91-69-76(96-79(84)64-58-52-46-40-33-30-27-24-25-28-31-37-42-48-54-60-72(4)5)71-95-99(88,89)93-67-74(81)66-92-98(86,87)94-70-75(68-90-77(82)62-56-50-44-36-17-15-13-11-8-2)97-80(85)65-59-53-47-41-35-34-38-43-49-55-61-73(6)9-3/h72-76,81H,7-71H2,1-6H3,(H,86,87)(H,88,89)/t73?,74-,75+,76+/m0/s1. The van der Waals surface area contributed by atoms with E-state index in [1.807, 2.05) is 0 Å². The number of hydrogen-bond acceptors (Lipinski definition) is 15. The molecule has 0 aliphatic carbocycles. The van der Waals surface area contributed by atoms with Gasteiger partial charge >= 0.3 is 39.5 Å². The summed E-state index contributed by atoms with van der Waals surface area (Å²) < 4.78 is 68.7. The minimum Gasteiger partial charge on any atom is -0.462 e. The van der Waals surface area contributed by atoms with Crippen LogP contribution in [0.25, 0.3) is 0 Å². The number of phosphoric ester groups is 2. The van der Waals surface area contributed by atoms with Crippen LogP contribution in [0.15, 0.2) is 0 Å². The van der Waals surface area contributed by atoms with Crippen LogP contribution in [0.5, 0.6) is 0 Å². The molecule has 0 saturated carbocycles. The predicted octanol–water partition coefficient (Wildman–Crippen LogP) is 23.9. The number of aliphatic hydroxyl groups excluding tert-OH is 1. The molecule has 0 bridgehead atoms. The Hall–Kier alpha value is -1.94. The molecule has 0 heterocycles. The van der Waals surface area contributed by atoms with E-state index in [9.17, 15) is 43.2 Å². The Kier molecular flexibility index (Phi) is 70.3. The average Bonchev–Trinajstić information content (AvgIpc) is 0.988. The van der Waals surface area contributed by atoms with Crippen molar-refractivity contribution in [2.24, 2.45) is 11.8 Å². The number of unbranched alkanes of at least 4 members (excludes halogenated alkanes) is 48. The summed E-state index contributed by atoms with van der Waals surface area (Å²) in [7, 11) is -9.92. The van der Waals surface area contributed by atoms with E-state index in [2.05, 4.69) is 41.5 Å². The molecule has 99 heavy (non-hydrogen) atoms. The molecule has 6 atom stereocenters. The van der Waals surface area contributed by atoms with Gasteiger partial charge in [0.2, 0.25) is 0 Å². The maximum absolute atomic E-state index is 13.1. The Labute approximate surface area is 607 Å². The van der Waals surface area contributed by atoms with Crippen LogP contribution in [-0.4, -0.2) is 96.7 Å². The first-order valence-electron chi connectivity index (χ1n) is 41.5. The van der Waals surface area contributed by atoms with Crippen molar-refractivity contribution in [2.75, 3.05) is 39.6 Å². The number of ether oxygens (including phenoxy) is 4. The predicted molar refractivity (Wildman–Crippen MR) is 405 cm³/mol. The van der Waals surface area contributed by atoms with Crippen LogP contribution in [0.2, 0.25) is 0 Å². The zero-order chi connectivity index (χ0) is 72.8. The molecule has 0 amide bonds. The van der Waals surface area contributed by atoms with E-state index in [-0.39, 0.29) is 25.7 Å². The zero-order valence-corrected chi connectivity index (χ0v) is 66.6. The molecule has 0 aliphatic rings. The molecule has 0 aromatic carbocycles. The number of aliphatic hydroxyl groups is 1. The lowest BCUT2D eigenvalue weighted by atomic mass is 9.99. The van der Waals surface area contributed by atoms with Gasteiger partial charge in [0.25, 0.3) is 0 Å². The largest absolute Gasteiger partial charge is 0.472 e. The third-order valence-corrected chi connectivity index (χ3v) is 21.0. The molecule has 3 unspecified atom stereocenters. The number of hydrogen-bond donors (Lipinski definition) is 3. The Morgan fingerprint density at radius 1 is 0.293 bits per heavy atom. The Morgan fingerprint density at radius 2 is 0.515 bits per heavy atom. The second kappa shape index (κ2) is 71.7. The SMILES string of the molecule is CCCCCCCCCCCCCCCCCCCCC(=O)OC[C@H](COP(=O)(O)OC[C@@H](O)COP(=O)(O)OC[C@@H](COC(=O)CCCCCCCCCCC)OC(=O)CCCCCCCCCCCCC(C)CC)OC(=O)CCCCCCCCCCCCCCCCCC(C)C. The highest BCUT2D eigenvalue weighted by Gasteiger charge is 2.30. The summed E-state index contributed by atoms with van der Waals surface area (Å²) in [6, 6.07) is 0. The number of phosphoric acid groups is 2. The minimum atomic E-state index is -4.96. The zero-order valence-electron chi connectivity index (χ0n) is 64.8. The topological polar surface area (TPSA) is 237 Å². The van der Waals surface area contributed by atoms with E-state index in [4.69, 9.17) is 37.0 Å². The molecule has 0 rings (SSSR count). The van der Waals surface area contributed by atoms with Crippen LogP contribution in [0.3, 0.4) is 0 Å². The molecule has 588 valence electrons. The van der Waals surface area contributed by atoms with Crippen LogP contribution in [0.4, 0.5) is 0 Å². The molecule has 19 heteroatoms. The highest BCUT2D eigenvalue weighted by Crippen LogP contribution is 2.45. The van der Waals surface area contributed by atoms with Crippen molar-refractivity contribution in [1.82, 2.24) is 0 Å². The van der Waals surface area contributed by atoms with E-state index in [1.165, 1.54) is 238 Å². The number of carbonyl (C=O) groups is 4. The lowest BCUT2D eigenvalue weighted by molar-refractivity contribution is -0.161. The molecule has 3 N–H and O–H groups in total. The summed E-state index contributed by atoms with van der Waals surface area (Å²) >= 11 is 0. The maximum atomic E-state index is 13.1. The highest BCUT2D eigenvalue weighted by atomic mass is 31.2. The Morgan fingerprint density at radius 3 is 0.768 bits per heavy atom. The number of rotatable bonds is 79. The van der Waals surface area contributed by atoms with Crippen molar-refractivity contribution >= 4 is 39.5 Å². The molecule has 0 aliphatic heterocycles. The summed E-state index contributed by atoms with van der Waals surface area (Å²) in [4.78, 5) is 72.9. The molecule has 0 fully saturated rings. The minimum absolute atomic E-state index is 0.106. The molecule has 0 radical (unpaired) electrons. The van der Waals surface area contributed by atoms with Crippen LogP contribution in [0, 0.1) is 11.8 Å². The number of esters is 4. The van der Waals surface area contributed by atoms with Crippen LogP contribution in [0.1, 0.15) is 420 Å². The van der Waals surface area contributed by atoms with Gasteiger partial charge in [0, 0.05) is 25.7 Å². The van der Waals surface area contributed by atoms with Gasteiger partial charge in [-0.25, -0.2) is 9.13 Å². The van der Waals surface area contributed by atoms with Crippen LogP contribution >= 0.6 is 15.6 Å².